The predicted molar refractivity (Wildman–Crippen MR) is 120 cm³/mol. The van der Waals surface area contributed by atoms with E-state index < -0.39 is 0 Å². The predicted octanol–water partition coefficient (Wildman–Crippen LogP) is 6.47. The first-order valence-electron chi connectivity index (χ1n) is 10.5. The van der Waals surface area contributed by atoms with Crippen molar-refractivity contribution in [1.82, 2.24) is 9.88 Å². The fourth-order valence-electron chi connectivity index (χ4n) is 4.56. The van der Waals surface area contributed by atoms with Crippen molar-refractivity contribution in [3.05, 3.63) is 82.1 Å². The van der Waals surface area contributed by atoms with Crippen molar-refractivity contribution in [1.29, 1.82) is 0 Å². The number of aryl methyl sites for hydroxylation is 1. The average molecular weight is 437 g/mol. The van der Waals surface area contributed by atoms with Crippen molar-refractivity contribution in [3.63, 3.8) is 0 Å². The summed E-state index contributed by atoms with van der Waals surface area (Å²) in [6, 6.07) is 15.1. The first-order valence-corrected chi connectivity index (χ1v) is 11.4. The molecule has 158 valence electrons. The molecule has 5 rings (SSSR count). The third kappa shape index (κ3) is 3.88. The molecule has 4 aromatic rings. The highest BCUT2D eigenvalue weighted by Gasteiger charge is 2.30. The molecule has 31 heavy (non-hydrogen) atoms. The third-order valence-corrected chi connectivity index (χ3v) is 7.01. The Kier molecular flexibility index (Phi) is 5.32. The summed E-state index contributed by atoms with van der Waals surface area (Å²) in [5, 5.41) is 2.81. The van der Waals surface area contributed by atoms with Crippen LogP contribution in [0.15, 0.2) is 60.0 Å². The molecule has 1 saturated heterocycles. The lowest BCUT2D eigenvalue weighted by Gasteiger charge is -2.24. The molecule has 0 radical (unpaired) electrons. The molecule has 0 spiro atoms. The number of nitrogens with one attached hydrogen (secondary N) is 1. The number of thiophene rings is 1. The van der Waals surface area contributed by atoms with Gasteiger partial charge in [0.15, 0.2) is 0 Å². The number of benzene rings is 2. The van der Waals surface area contributed by atoms with Gasteiger partial charge in [-0.05, 0) is 84.3 Å². The van der Waals surface area contributed by atoms with Gasteiger partial charge in [0, 0.05) is 34.4 Å². The summed E-state index contributed by atoms with van der Waals surface area (Å²) in [4.78, 5) is 19.7. The number of nitrogens with zero attached hydrogens (tertiary/aromatic N) is 1. The second-order valence-electron chi connectivity index (χ2n) is 7.94. The van der Waals surface area contributed by atoms with Crippen molar-refractivity contribution in [2.24, 2.45) is 0 Å². The minimum atomic E-state index is -0.318. The molecule has 2 aromatic carbocycles. The van der Waals surface area contributed by atoms with Crippen molar-refractivity contribution < 1.29 is 13.6 Å². The number of halogens is 2. The maximum atomic E-state index is 14.0. The third-order valence-electron chi connectivity index (χ3n) is 6.03. The second kappa shape index (κ2) is 8.27. The Bertz CT molecular complexity index is 1210. The van der Waals surface area contributed by atoms with Crippen LogP contribution < -0.4 is 0 Å². The molecule has 1 aliphatic rings. The van der Waals surface area contributed by atoms with E-state index in [1.807, 2.05) is 16.3 Å². The molecule has 1 aliphatic heterocycles. The smallest absolute Gasteiger partial charge is 0.223 e. The molecule has 0 aliphatic carbocycles. The molecule has 1 amide bonds. The van der Waals surface area contributed by atoms with Crippen LogP contribution in [0.25, 0.3) is 22.2 Å². The highest BCUT2D eigenvalue weighted by atomic mass is 32.1. The molecule has 3 heterocycles. The van der Waals surface area contributed by atoms with Crippen LogP contribution in [-0.2, 0) is 11.2 Å². The average Bonchev–Trinajstić information content (AvgIpc) is 3.51. The fraction of sp³-hybridized carbons (Fsp3) is 0.240. The van der Waals surface area contributed by atoms with Gasteiger partial charge < -0.3 is 9.88 Å². The number of amides is 1. The SMILES string of the molecule is O=C(CCc1c(-c2ccc(F)cc2)[nH]c2ccc(F)cc12)N1CCC[C@H]1c1cccs1. The second-order valence-corrected chi connectivity index (χ2v) is 8.92. The van der Waals surface area contributed by atoms with E-state index in [2.05, 4.69) is 11.1 Å². The minimum absolute atomic E-state index is 0.117. The maximum Gasteiger partial charge on any atom is 0.223 e. The van der Waals surface area contributed by atoms with Gasteiger partial charge in [-0.2, -0.15) is 0 Å². The van der Waals surface area contributed by atoms with Gasteiger partial charge in [-0.25, -0.2) is 8.78 Å². The summed E-state index contributed by atoms with van der Waals surface area (Å²) in [5.74, 6) is -0.509. The van der Waals surface area contributed by atoms with Crippen molar-refractivity contribution in [2.75, 3.05) is 6.54 Å². The molecular formula is C25H22F2N2OS. The number of carbonyl (C=O) groups is 1. The number of likely N-dealkylation sites (tertiary alicyclic amines) is 1. The quantitative estimate of drug-likeness (QED) is 0.382. The topological polar surface area (TPSA) is 36.1 Å². The standard InChI is InChI=1S/C25H22F2N2OS/c26-17-7-5-16(6-8-17)25-19(20-15-18(27)9-11-21(20)28-25)10-12-24(30)29-13-1-3-22(29)23-4-2-14-31-23/h2,4-9,11,14-15,22,28H,1,3,10,12-13H2/t22-/m0/s1. The monoisotopic (exact) mass is 436 g/mol. The lowest BCUT2D eigenvalue weighted by molar-refractivity contribution is -0.132. The Morgan fingerprint density at radius 2 is 1.90 bits per heavy atom. The zero-order chi connectivity index (χ0) is 21.4. The lowest BCUT2D eigenvalue weighted by atomic mass is 10.0. The highest BCUT2D eigenvalue weighted by Crippen LogP contribution is 2.36. The van der Waals surface area contributed by atoms with Crippen LogP contribution in [0.4, 0.5) is 8.78 Å². The Morgan fingerprint density at radius 1 is 1.10 bits per heavy atom. The molecule has 0 bridgehead atoms. The van der Waals surface area contributed by atoms with Gasteiger partial charge in [-0.15, -0.1) is 11.3 Å². The number of hydrogen-bond donors (Lipinski definition) is 1. The van der Waals surface area contributed by atoms with Gasteiger partial charge in [0.2, 0.25) is 5.91 Å². The summed E-state index contributed by atoms with van der Waals surface area (Å²) < 4.78 is 27.4. The molecule has 6 heteroatoms. The molecule has 1 N–H and O–H groups in total. The summed E-state index contributed by atoms with van der Waals surface area (Å²) in [6.07, 6.45) is 2.83. The summed E-state index contributed by atoms with van der Waals surface area (Å²) >= 11 is 1.69. The molecule has 1 atom stereocenters. The van der Waals surface area contributed by atoms with Crippen LogP contribution in [0.1, 0.15) is 35.7 Å². The zero-order valence-corrected chi connectivity index (χ0v) is 17.7. The Hall–Kier alpha value is -2.99. The Balaban J connectivity index is 1.44. The van der Waals surface area contributed by atoms with E-state index >= 15 is 0 Å². The molecule has 2 aromatic heterocycles. The van der Waals surface area contributed by atoms with E-state index in [0.29, 0.717) is 12.8 Å². The van der Waals surface area contributed by atoms with Crippen LogP contribution in [-0.4, -0.2) is 22.3 Å². The number of aromatic nitrogens is 1. The van der Waals surface area contributed by atoms with Crippen LogP contribution in [0.5, 0.6) is 0 Å². The summed E-state index contributed by atoms with van der Waals surface area (Å²) in [7, 11) is 0. The van der Waals surface area contributed by atoms with Crippen LogP contribution >= 0.6 is 11.3 Å². The van der Waals surface area contributed by atoms with E-state index in [-0.39, 0.29) is 23.6 Å². The number of aromatic amines is 1. The minimum Gasteiger partial charge on any atom is -0.354 e. The van der Waals surface area contributed by atoms with E-state index in [1.54, 1.807) is 29.5 Å². The van der Waals surface area contributed by atoms with Crippen LogP contribution in [0.3, 0.4) is 0 Å². The first-order chi connectivity index (χ1) is 15.1. The van der Waals surface area contributed by atoms with Gasteiger partial charge in [-0.3, -0.25) is 4.79 Å². The molecule has 3 nitrogen and oxygen atoms in total. The van der Waals surface area contributed by atoms with Crippen molar-refractivity contribution in [2.45, 2.75) is 31.7 Å². The van der Waals surface area contributed by atoms with Gasteiger partial charge in [0.25, 0.3) is 0 Å². The van der Waals surface area contributed by atoms with E-state index in [9.17, 15) is 13.6 Å². The number of hydrogen-bond acceptors (Lipinski definition) is 2. The van der Waals surface area contributed by atoms with Gasteiger partial charge in [0.1, 0.15) is 11.6 Å². The van der Waals surface area contributed by atoms with E-state index in [1.165, 1.54) is 29.1 Å². The number of fused-ring (bicyclic) bond motifs is 1. The largest absolute Gasteiger partial charge is 0.354 e. The first kappa shape index (κ1) is 19.9. The molecule has 0 unspecified atom stereocenters. The normalized spacial score (nSPS) is 16.3. The molecule has 1 fully saturated rings. The van der Waals surface area contributed by atoms with Gasteiger partial charge >= 0.3 is 0 Å². The summed E-state index contributed by atoms with van der Waals surface area (Å²) in [6.45, 7) is 0.773. The van der Waals surface area contributed by atoms with Gasteiger partial charge in [-0.1, -0.05) is 6.07 Å². The number of H-pyrrole nitrogens is 1. The van der Waals surface area contributed by atoms with Gasteiger partial charge in [0.05, 0.1) is 6.04 Å². The summed E-state index contributed by atoms with van der Waals surface area (Å²) in [5.41, 5.74) is 3.32. The highest BCUT2D eigenvalue weighted by molar-refractivity contribution is 7.10. The van der Waals surface area contributed by atoms with Crippen molar-refractivity contribution in [3.8, 4) is 11.3 Å². The Labute approximate surface area is 183 Å². The van der Waals surface area contributed by atoms with Crippen molar-refractivity contribution >= 4 is 28.1 Å². The number of rotatable bonds is 5. The number of carbonyl (C=O) groups excluding carboxylic acids is 1. The molecular weight excluding hydrogens is 414 g/mol. The van der Waals surface area contributed by atoms with E-state index in [4.69, 9.17) is 0 Å². The van der Waals surface area contributed by atoms with Crippen LogP contribution in [0, 0.1) is 11.6 Å². The van der Waals surface area contributed by atoms with E-state index in [0.717, 1.165) is 47.1 Å². The zero-order valence-electron chi connectivity index (χ0n) is 16.9. The Morgan fingerprint density at radius 3 is 2.68 bits per heavy atom. The maximum absolute atomic E-state index is 14.0. The van der Waals surface area contributed by atoms with Crippen LogP contribution in [0.2, 0.25) is 0 Å². The fourth-order valence-corrected chi connectivity index (χ4v) is 5.43. The molecule has 0 saturated carbocycles. The lowest BCUT2D eigenvalue weighted by Crippen LogP contribution is -2.30.